The fourth-order valence-corrected chi connectivity index (χ4v) is 2.03. The number of likely N-dealkylation sites (tertiary alicyclic amines) is 1. The number of nitrogens with two attached hydrogens (primary N) is 1. The van der Waals surface area contributed by atoms with Crippen molar-refractivity contribution in [1.82, 2.24) is 4.90 Å². The van der Waals surface area contributed by atoms with Crippen molar-refractivity contribution in [3.8, 4) is 0 Å². The highest BCUT2D eigenvalue weighted by Crippen LogP contribution is 2.25. The van der Waals surface area contributed by atoms with Crippen molar-refractivity contribution in [2.45, 2.75) is 13.8 Å². The van der Waals surface area contributed by atoms with Crippen molar-refractivity contribution in [2.75, 3.05) is 18.8 Å². The third-order valence-corrected chi connectivity index (χ3v) is 3.29. The molecule has 1 aromatic rings. The molecule has 0 atom stereocenters. The molecule has 1 saturated heterocycles. The molecule has 96 valence electrons. The second-order valence-corrected chi connectivity index (χ2v) is 4.67. The first-order valence-corrected chi connectivity index (χ1v) is 5.75. The summed E-state index contributed by atoms with van der Waals surface area (Å²) in [6.45, 7) is 3.90. The molecule has 4 nitrogen and oxygen atoms in total. The van der Waals surface area contributed by atoms with Gasteiger partial charge in [-0.15, -0.1) is 0 Å². The molecule has 2 N–H and O–H groups in total. The molecule has 0 radical (unpaired) electrons. The molecule has 1 aliphatic rings. The van der Waals surface area contributed by atoms with E-state index < -0.39 is 5.82 Å². The molecule has 2 rings (SSSR count). The number of halogens is 1. The predicted octanol–water partition coefficient (Wildman–Crippen LogP) is 1.38. The first-order chi connectivity index (χ1) is 8.40. The number of nitrogen functional groups attached to an aromatic ring is 1. The Balaban J connectivity index is 2.16. The van der Waals surface area contributed by atoms with Crippen LogP contribution >= 0.6 is 0 Å². The highest BCUT2D eigenvalue weighted by Gasteiger charge is 2.35. The summed E-state index contributed by atoms with van der Waals surface area (Å²) in [6, 6.07) is 2.65. The maximum absolute atomic E-state index is 13.2. The van der Waals surface area contributed by atoms with Crippen LogP contribution in [0.3, 0.4) is 0 Å². The summed E-state index contributed by atoms with van der Waals surface area (Å²) >= 11 is 0. The third-order valence-electron chi connectivity index (χ3n) is 3.29. The number of benzene rings is 1. The van der Waals surface area contributed by atoms with E-state index >= 15 is 0 Å². The number of hydrogen-bond acceptors (Lipinski definition) is 3. The van der Waals surface area contributed by atoms with Crippen molar-refractivity contribution in [3.63, 3.8) is 0 Å². The van der Waals surface area contributed by atoms with Gasteiger partial charge < -0.3 is 10.6 Å². The van der Waals surface area contributed by atoms with E-state index in [9.17, 15) is 14.0 Å². The van der Waals surface area contributed by atoms with Crippen LogP contribution in [0, 0.1) is 18.7 Å². The second kappa shape index (κ2) is 4.40. The Morgan fingerprint density at radius 3 is 2.56 bits per heavy atom. The van der Waals surface area contributed by atoms with Gasteiger partial charge in [0.1, 0.15) is 5.82 Å². The SMILES string of the molecule is CC(=O)N1CC(C(=O)c2cc(C)c(F)cc2N)C1. The molecular formula is C13H15FN2O2. The van der Waals surface area contributed by atoms with Crippen LogP contribution in [0.1, 0.15) is 22.8 Å². The van der Waals surface area contributed by atoms with Crippen molar-refractivity contribution >= 4 is 17.4 Å². The van der Waals surface area contributed by atoms with Gasteiger partial charge in [-0.3, -0.25) is 9.59 Å². The number of amides is 1. The molecule has 5 heteroatoms. The standard InChI is InChI=1S/C13H15FN2O2/c1-7-3-10(12(15)4-11(7)14)13(18)9-5-16(6-9)8(2)17/h3-4,9H,5-6,15H2,1-2H3. The van der Waals surface area contributed by atoms with E-state index in [1.165, 1.54) is 19.1 Å². The zero-order chi connectivity index (χ0) is 13.4. The van der Waals surface area contributed by atoms with Crippen LogP contribution in [0.4, 0.5) is 10.1 Å². The number of ketones is 1. The highest BCUT2D eigenvalue weighted by molar-refractivity contribution is 6.03. The molecule has 0 aliphatic carbocycles. The number of Topliss-reactive ketones (excluding diaryl/α,β-unsaturated/α-hetero) is 1. The Hall–Kier alpha value is -1.91. The Morgan fingerprint density at radius 1 is 1.39 bits per heavy atom. The molecule has 1 aliphatic heterocycles. The first kappa shape index (κ1) is 12.5. The largest absolute Gasteiger partial charge is 0.398 e. The quantitative estimate of drug-likeness (QED) is 0.637. The first-order valence-electron chi connectivity index (χ1n) is 5.75. The Bertz CT molecular complexity index is 522. The van der Waals surface area contributed by atoms with Gasteiger partial charge in [-0.25, -0.2) is 4.39 Å². The normalized spacial score (nSPS) is 15.4. The number of hydrogen-bond donors (Lipinski definition) is 1. The minimum Gasteiger partial charge on any atom is -0.398 e. The van der Waals surface area contributed by atoms with E-state index in [0.29, 0.717) is 24.2 Å². The molecule has 1 heterocycles. The predicted molar refractivity (Wildman–Crippen MR) is 65.6 cm³/mol. The molecule has 18 heavy (non-hydrogen) atoms. The van der Waals surface area contributed by atoms with Crippen molar-refractivity contribution in [1.29, 1.82) is 0 Å². The molecule has 0 aromatic heterocycles. The summed E-state index contributed by atoms with van der Waals surface area (Å²) in [7, 11) is 0. The summed E-state index contributed by atoms with van der Waals surface area (Å²) < 4.78 is 13.2. The lowest BCUT2D eigenvalue weighted by Gasteiger charge is -2.37. The average Bonchev–Trinajstić information content (AvgIpc) is 2.20. The highest BCUT2D eigenvalue weighted by atomic mass is 19.1. The lowest BCUT2D eigenvalue weighted by atomic mass is 9.89. The maximum atomic E-state index is 13.2. The van der Waals surface area contributed by atoms with Crippen LogP contribution in [-0.4, -0.2) is 29.7 Å². The second-order valence-electron chi connectivity index (χ2n) is 4.67. The van der Waals surface area contributed by atoms with Crippen molar-refractivity contribution in [3.05, 3.63) is 29.1 Å². The molecular weight excluding hydrogens is 235 g/mol. The van der Waals surface area contributed by atoms with E-state index in [4.69, 9.17) is 5.73 Å². The topological polar surface area (TPSA) is 63.4 Å². The Labute approximate surface area is 105 Å². The Morgan fingerprint density at radius 2 is 2.00 bits per heavy atom. The van der Waals surface area contributed by atoms with Gasteiger partial charge in [0.25, 0.3) is 0 Å². The number of carbonyl (C=O) groups is 2. The smallest absolute Gasteiger partial charge is 0.219 e. The minimum atomic E-state index is -0.414. The van der Waals surface area contributed by atoms with Crippen LogP contribution in [0.15, 0.2) is 12.1 Å². The van der Waals surface area contributed by atoms with E-state index in [0.717, 1.165) is 0 Å². The van der Waals surface area contributed by atoms with Crippen LogP contribution in [0.5, 0.6) is 0 Å². The number of rotatable bonds is 2. The zero-order valence-electron chi connectivity index (χ0n) is 10.4. The molecule has 0 bridgehead atoms. The molecule has 0 saturated carbocycles. The lowest BCUT2D eigenvalue weighted by Crippen LogP contribution is -2.52. The Kier molecular flexibility index (Phi) is 3.07. The number of aryl methyl sites for hydroxylation is 1. The number of nitrogens with zero attached hydrogens (tertiary/aromatic N) is 1. The van der Waals surface area contributed by atoms with Crippen LogP contribution in [-0.2, 0) is 4.79 Å². The van der Waals surface area contributed by atoms with Gasteiger partial charge in [-0.2, -0.15) is 0 Å². The molecule has 0 unspecified atom stereocenters. The molecule has 1 aromatic carbocycles. The summed E-state index contributed by atoms with van der Waals surface area (Å²) in [5.74, 6) is -0.792. The number of anilines is 1. The maximum Gasteiger partial charge on any atom is 0.219 e. The fourth-order valence-electron chi connectivity index (χ4n) is 2.03. The summed E-state index contributed by atoms with van der Waals surface area (Å²) in [5, 5.41) is 0. The summed E-state index contributed by atoms with van der Waals surface area (Å²) in [4.78, 5) is 24.8. The van der Waals surface area contributed by atoms with Gasteiger partial charge in [-0.05, 0) is 24.6 Å². The van der Waals surface area contributed by atoms with Crippen LogP contribution in [0.2, 0.25) is 0 Å². The third kappa shape index (κ3) is 2.08. The van der Waals surface area contributed by atoms with Crippen LogP contribution in [0.25, 0.3) is 0 Å². The summed E-state index contributed by atoms with van der Waals surface area (Å²) in [6.07, 6.45) is 0. The van der Waals surface area contributed by atoms with Crippen LogP contribution < -0.4 is 5.73 Å². The number of carbonyl (C=O) groups excluding carboxylic acids is 2. The zero-order valence-corrected chi connectivity index (χ0v) is 10.4. The monoisotopic (exact) mass is 250 g/mol. The van der Waals surface area contributed by atoms with Crippen molar-refractivity contribution in [2.24, 2.45) is 5.92 Å². The van der Waals surface area contributed by atoms with Gasteiger partial charge in [0, 0.05) is 31.3 Å². The van der Waals surface area contributed by atoms with E-state index in [1.54, 1.807) is 11.8 Å². The molecule has 1 fully saturated rings. The van der Waals surface area contributed by atoms with Crippen molar-refractivity contribution < 1.29 is 14.0 Å². The van der Waals surface area contributed by atoms with Gasteiger partial charge in [0.15, 0.2) is 5.78 Å². The van der Waals surface area contributed by atoms with Gasteiger partial charge in [0.2, 0.25) is 5.91 Å². The molecule has 1 amide bonds. The fraction of sp³-hybridized carbons (Fsp3) is 0.385. The van der Waals surface area contributed by atoms with Gasteiger partial charge in [-0.1, -0.05) is 0 Å². The van der Waals surface area contributed by atoms with E-state index in [1.807, 2.05) is 0 Å². The average molecular weight is 250 g/mol. The van der Waals surface area contributed by atoms with Gasteiger partial charge >= 0.3 is 0 Å². The van der Waals surface area contributed by atoms with Gasteiger partial charge in [0.05, 0.1) is 5.92 Å². The minimum absolute atomic E-state index is 0.0395. The van der Waals surface area contributed by atoms with E-state index in [2.05, 4.69) is 0 Å². The molecule has 0 spiro atoms. The summed E-state index contributed by atoms with van der Waals surface area (Å²) in [5.41, 5.74) is 6.57. The lowest BCUT2D eigenvalue weighted by molar-refractivity contribution is -0.133. The van der Waals surface area contributed by atoms with E-state index in [-0.39, 0.29) is 23.3 Å².